The minimum Gasteiger partial charge on any atom is -0.457 e. The zero-order chi connectivity index (χ0) is 23.9. The molecule has 10 heteroatoms. The van der Waals surface area contributed by atoms with E-state index in [0.29, 0.717) is 62.8 Å². The molecule has 3 aliphatic rings. The topological polar surface area (TPSA) is 108 Å². The van der Waals surface area contributed by atoms with E-state index in [1.165, 1.54) is 4.31 Å². The fourth-order valence-corrected chi connectivity index (χ4v) is 7.07. The number of aromatic nitrogens is 2. The SMILES string of the molecule is CCn1c(COC(=O)C2CC3CCCC(C2)C3=O)nc2cc(S(=O)(=O)N3CCOCC3)ccc21. The van der Waals surface area contributed by atoms with Crippen LogP contribution in [-0.2, 0) is 42.2 Å². The van der Waals surface area contributed by atoms with Gasteiger partial charge in [-0.25, -0.2) is 13.4 Å². The molecule has 0 spiro atoms. The quantitative estimate of drug-likeness (QED) is 0.574. The van der Waals surface area contributed by atoms with E-state index in [-0.39, 0.29) is 35.2 Å². The number of hydrogen-bond donors (Lipinski definition) is 0. The van der Waals surface area contributed by atoms with Crippen molar-refractivity contribution in [2.45, 2.75) is 57.1 Å². The van der Waals surface area contributed by atoms with Gasteiger partial charge in [0.25, 0.3) is 0 Å². The number of carbonyl (C=O) groups excluding carboxylic acids is 2. The Morgan fingerprint density at radius 2 is 1.88 bits per heavy atom. The molecule has 2 unspecified atom stereocenters. The van der Waals surface area contributed by atoms with Crippen LogP contribution in [0.3, 0.4) is 0 Å². The molecule has 184 valence electrons. The van der Waals surface area contributed by atoms with Crippen LogP contribution in [0.25, 0.3) is 11.0 Å². The van der Waals surface area contributed by atoms with Crippen molar-refractivity contribution >= 4 is 32.8 Å². The van der Waals surface area contributed by atoms with Crippen molar-refractivity contribution in [3.8, 4) is 0 Å². The predicted octanol–water partition coefficient (Wildman–Crippen LogP) is 2.52. The molecule has 0 radical (unpaired) electrons. The first-order valence-corrected chi connectivity index (χ1v) is 13.6. The summed E-state index contributed by atoms with van der Waals surface area (Å²) in [6.07, 6.45) is 3.98. The highest BCUT2D eigenvalue weighted by atomic mass is 32.2. The number of Topliss-reactive ketones (excluding diaryl/α,β-unsaturated/α-hetero) is 1. The van der Waals surface area contributed by atoms with Crippen LogP contribution in [0.15, 0.2) is 23.1 Å². The Hall–Kier alpha value is -2.30. The van der Waals surface area contributed by atoms with Crippen LogP contribution in [-0.4, -0.2) is 60.3 Å². The molecule has 3 fully saturated rings. The molecule has 2 saturated carbocycles. The van der Waals surface area contributed by atoms with E-state index in [1.807, 2.05) is 11.5 Å². The molecule has 5 rings (SSSR count). The lowest BCUT2D eigenvalue weighted by Gasteiger charge is -2.36. The molecule has 1 aromatic heterocycles. The number of fused-ring (bicyclic) bond motifs is 3. The van der Waals surface area contributed by atoms with Gasteiger partial charge in [0.05, 0.1) is 35.1 Å². The first-order valence-electron chi connectivity index (χ1n) is 12.2. The largest absolute Gasteiger partial charge is 0.457 e. The number of hydrogen-bond acceptors (Lipinski definition) is 7. The minimum atomic E-state index is -3.62. The second-order valence-corrected chi connectivity index (χ2v) is 11.4. The van der Waals surface area contributed by atoms with E-state index in [4.69, 9.17) is 9.47 Å². The average Bonchev–Trinajstić information content (AvgIpc) is 3.19. The van der Waals surface area contributed by atoms with Gasteiger partial charge in [0.15, 0.2) is 0 Å². The number of carbonyl (C=O) groups is 2. The summed E-state index contributed by atoms with van der Waals surface area (Å²) in [5.74, 6) is 0.395. The summed E-state index contributed by atoms with van der Waals surface area (Å²) < 4.78 is 40.4. The molecular weight excluding hydrogens is 458 g/mol. The normalized spacial score (nSPS) is 26.0. The van der Waals surface area contributed by atoms with Gasteiger partial charge in [-0.15, -0.1) is 0 Å². The summed E-state index contributed by atoms with van der Waals surface area (Å²) in [4.78, 5) is 30.0. The van der Waals surface area contributed by atoms with Crippen LogP contribution in [0, 0.1) is 17.8 Å². The van der Waals surface area contributed by atoms with Gasteiger partial charge in [0.2, 0.25) is 10.0 Å². The maximum Gasteiger partial charge on any atom is 0.309 e. The number of aryl methyl sites for hydroxylation is 1. The van der Waals surface area contributed by atoms with E-state index in [0.717, 1.165) is 24.8 Å². The number of morpholine rings is 1. The number of esters is 1. The van der Waals surface area contributed by atoms with Gasteiger partial charge in [-0.2, -0.15) is 4.31 Å². The summed E-state index contributed by atoms with van der Waals surface area (Å²) in [5, 5.41) is 0. The second-order valence-electron chi connectivity index (χ2n) is 9.44. The van der Waals surface area contributed by atoms with Crippen LogP contribution in [0.2, 0.25) is 0 Å². The summed E-state index contributed by atoms with van der Waals surface area (Å²) in [6.45, 7) is 4.04. The first kappa shape index (κ1) is 23.4. The highest BCUT2D eigenvalue weighted by Crippen LogP contribution is 2.40. The lowest BCUT2D eigenvalue weighted by atomic mass is 9.67. The fourth-order valence-electron chi connectivity index (χ4n) is 5.64. The molecule has 2 aliphatic carbocycles. The fraction of sp³-hybridized carbons (Fsp3) is 0.625. The molecule has 9 nitrogen and oxygen atoms in total. The highest BCUT2D eigenvalue weighted by molar-refractivity contribution is 7.89. The minimum absolute atomic E-state index is 0.00268. The van der Waals surface area contributed by atoms with Crippen molar-refractivity contribution in [1.82, 2.24) is 13.9 Å². The monoisotopic (exact) mass is 489 g/mol. The molecule has 2 atom stereocenters. The van der Waals surface area contributed by atoms with E-state index in [9.17, 15) is 18.0 Å². The summed E-state index contributed by atoms with van der Waals surface area (Å²) in [7, 11) is -3.62. The molecule has 1 saturated heterocycles. The molecule has 34 heavy (non-hydrogen) atoms. The maximum atomic E-state index is 13.0. The van der Waals surface area contributed by atoms with E-state index in [1.54, 1.807) is 18.2 Å². The average molecular weight is 490 g/mol. The number of ketones is 1. The number of nitrogens with zero attached hydrogens (tertiary/aromatic N) is 3. The van der Waals surface area contributed by atoms with Crippen LogP contribution in [0.1, 0.15) is 44.9 Å². The van der Waals surface area contributed by atoms with Gasteiger partial charge in [0, 0.05) is 31.5 Å². The third-order valence-corrected chi connectivity index (χ3v) is 9.34. The Kier molecular flexibility index (Phi) is 6.47. The van der Waals surface area contributed by atoms with Gasteiger partial charge >= 0.3 is 5.97 Å². The lowest BCUT2D eigenvalue weighted by molar-refractivity contribution is -0.155. The van der Waals surface area contributed by atoms with E-state index >= 15 is 0 Å². The Morgan fingerprint density at radius 1 is 1.18 bits per heavy atom. The Morgan fingerprint density at radius 3 is 2.56 bits per heavy atom. The van der Waals surface area contributed by atoms with Crippen molar-refractivity contribution in [2.75, 3.05) is 26.3 Å². The van der Waals surface area contributed by atoms with Crippen molar-refractivity contribution in [1.29, 1.82) is 0 Å². The summed E-state index contributed by atoms with van der Waals surface area (Å²) >= 11 is 0. The smallest absolute Gasteiger partial charge is 0.309 e. The Labute approximate surface area is 199 Å². The molecule has 2 bridgehead atoms. The first-order chi connectivity index (χ1) is 16.4. The number of ether oxygens (including phenoxy) is 2. The van der Waals surface area contributed by atoms with E-state index < -0.39 is 10.0 Å². The maximum absolute atomic E-state index is 13.0. The molecule has 2 heterocycles. The van der Waals surface area contributed by atoms with Crippen molar-refractivity contribution < 1.29 is 27.5 Å². The van der Waals surface area contributed by atoms with Crippen LogP contribution in [0.5, 0.6) is 0 Å². The zero-order valence-electron chi connectivity index (χ0n) is 19.4. The molecule has 1 aliphatic heterocycles. The zero-order valence-corrected chi connectivity index (χ0v) is 20.3. The summed E-state index contributed by atoms with van der Waals surface area (Å²) in [6, 6.07) is 4.96. The molecule has 0 amide bonds. The van der Waals surface area contributed by atoms with Gasteiger partial charge in [-0.3, -0.25) is 9.59 Å². The second kappa shape index (κ2) is 9.39. The van der Waals surface area contributed by atoms with Crippen LogP contribution in [0.4, 0.5) is 0 Å². The van der Waals surface area contributed by atoms with E-state index in [2.05, 4.69) is 4.98 Å². The van der Waals surface area contributed by atoms with Crippen molar-refractivity contribution in [2.24, 2.45) is 17.8 Å². The van der Waals surface area contributed by atoms with Gasteiger partial charge in [0.1, 0.15) is 18.2 Å². The number of imidazole rings is 1. The van der Waals surface area contributed by atoms with Crippen LogP contribution < -0.4 is 0 Å². The third-order valence-electron chi connectivity index (χ3n) is 7.45. The van der Waals surface area contributed by atoms with Crippen molar-refractivity contribution in [3.05, 3.63) is 24.0 Å². The Balaban J connectivity index is 1.32. The lowest BCUT2D eigenvalue weighted by Crippen LogP contribution is -2.40. The molecule has 2 aromatic rings. The molecule has 1 aromatic carbocycles. The molecule has 0 N–H and O–H groups in total. The highest BCUT2D eigenvalue weighted by Gasteiger charge is 2.42. The predicted molar refractivity (Wildman–Crippen MR) is 123 cm³/mol. The third kappa shape index (κ3) is 4.27. The van der Waals surface area contributed by atoms with Gasteiger partial charge in [-0.05, 0) is 50.8 Å². The van der Waals surface area contributed by atoms with Gasteiger partial charge in [-0.1, -0.05) is 6.42 Å². The van der Waals surface area contributed by atoms with Crippen molar-refractivity contribution in [3.63, 3.8) is 0 Å². The van der Waals surface area contributed by atoms with Gasteiger partial charge < -0.3 is 14.0 Å². The number of rotatable bonds is 6. The standard InChI is InChI=1S/C24H31N3O6S/c1-2-27-21-7-6-19(34(30,31)26-8-10-32-11-9-26)14-20(21)25-22(27)15-33-24(29)18-12-16-4-3-5-17(13-18)23(16)28/h6-7,14,16-18H,2-5,8-13,15H2,1H3. The molecular formula is C24H31N3O6S. The number of sulfonamides is 1. The number of benzene rings is 1. The summed E-state index contributed by atoms with van der Waals surface area (Å²) in [5.41, 5.74) is 1.35. The van der Waals surface area contributed by atoms with Crippen LogP contribution >= 0.6 is 0 Å². The Bertz CT molecular complexity index is 1180.